The van der Waals surface area contributed by atoms with Crippen LogP contribution in [0.2, 0.25) is 0 Å². The number of nitrogens with zero attached hydrogens (tertiary/aromatic N) is 3. The number of amides is 1. The number of para-hydroxylation sites is 1. The Morgan fingerprint density at radius 3 is 2.19 bits per heavy atom. The van der Waals surface area contributed by atoms with Gasteiger partial charge in [0, 0.05) is 24.2 Å². The molecule has 1 N–H and O–H groups in total. The Hall–Kier alpha value is -4.18. The summed E-state index contributed by atoms with van der Waals surface area (Å²) in [4.78, 5) is 37.5. The number of nitro benzene ring substituents is 2. The second-order valence-electron chi connectivity index (χ2n) is 6.66. The van der Waals surface area contributed by atoms with Crippen molar-refractivity contribution in [1.82, 2.24) is 4.98 Å². The van der Waals surface area contributed by atoms with E-state index in [0.717, 1.165) is 39.0 Å². The van der Waals surface area contributed by atoms with Crippen LogP contribution in [-0.4, -0.2) is 20.7 Å². The quantitative estimate of drug-likeness (QED) is 0.337. The summed E-state index contributed by atoms with van der Waals surface area (Å²) in [5, 5.41) is 25.6. The summed E-state index contributed by atoms with van der Waals surface area (Å²) < 4.78 is 1.12. The molecule has 0 atom stereocenters. The van der Waals surface area contributed by atoms with Crippen molar-refractivity contribution in [3.05, 3.63) is 103 Å². The van der Waals surface area contributed by atoms with E-state index < -0.39 is 27.1 Å². The van der Waals surface area contributed by atoms with Gasteiger partial charge in [-0.05, 0) is 29.8 Å². The van der Waals surface area contributed by atoms with E-state index in [1.165, 1.54) is 0 Å². The van der Waals surface area contributed by atoms with E-state index in [0.29, 0.717) is 12.1 Å². The standard InChI is InChI=1S/C21H14N4O5S/c26-21(14-10-16(24(27)28)12-17(11-14)25(29)30)22-15-7-5-13(6-8-15)9-20-23-18-3-1-2-4-19(18)31-20/h1-8,10-12H,9H2,(H,22,26). The topological polar surface area (TPSA) is 128 Å². The molecule has 4 rings (SSSR count). The molecule has 0 bridgehead atoms. The lowest BCUT2D eigenvalue weighted by atomic mass is 10.1. The van der Waals surface area contributed by atoms with E-state index in [2.05, 4.69) is 10.3 Å². The van der Waals surface area contributed by atoms with Crippen LogP contribution in [0.25, 0.3) is 10.2 Å². The number of carbonyl (C=O) groups excluding carboxylic acids is 1. The lowest BCUT2D eigenvalue weighted by Crippen LogP contribution is -2.12. The van der Waals surface area contributed by atoms with E-state index >= 15 is 0 Å². The average Bonchev–Trinajstić information content (AvgIpc) is 3.17. The van der Waals surface area contributed by atoms with Crippen molar-refractivity contribution >= 4 is 44.5 Å². The highest BCUT2D eigenvalue weighted by Gasteiger charge is 2.20. The summed E-state index contributed by atoms with van der Waals surface area (Å²) >= 11 is 1.62. The second kappa shape index (κ2) is 8.28. The number of aromatic nitrogens is 1. The average molecular weight is 434 g/mol. The molecule has 4 aromatic rings. The van der Waals surface area contributed by atoms with Crippen LogP contribution in [0.1, 0.15) is 20.9 Å². The number of nitro groups is 2. The highest BCUT2D eigenvalue weighted by atomic mass is 32.1. The Kier molecular flexibility index (Phi) is 5.37. The van der Waals surface area contributed by atoms with Gasteiger partial charge < -0.3 is 5.32 Å². The van der Waals surface area contributed by atoms with Gasteiger partial charge in [-0.25, -0.2) is 4.98 Å². The number of thiazole rings is 1. The number of fused-ring (bicyclic) bond motifs is 1. The molecule has 0 aliphatic heterocycles. The summed E-state index contributed by atoms with van der Waals surface area (Å²) in [6, 6.07) is 17.8. The predicted molar refractivity (Wildman–Crippen MR) is 117 cm³/mol. The maximum absolute atomic E-state index is 12.5. The van der Waals surface area contributed by atoms with Crippen LogP contribution in [0.15, 0.2) is 66.7 Å². The van der Waals surface area contributed by atoms with Gasteiger partial charge in [0.2, 0.25) is 0 Å². The van der Waals surface area contributed by atoms with E-state index in [1.54, 1.807) is 23.5 Å². The van der Waals surface area contributed by atoms with Gasteiger partial charge in [-0.15, -0.1) is 11.3 Å². The first-order valence-corrected chi connectivity index (χ1v) is 9.89. The van der Waals surface area contributed by atoms with Crippen LogP contribution >= 0.6 is 11.3 Å². The number of hydrogen-bond donors (Lipinski definition) is 1. The Bertz CT molecular complexity index is 1250. The van der Waals surface area contributed by atoms with Gasteiger partial charge in [-0.2, -0.15) is 0 Å². The van der Waals surface area contributed by atoms with Crippen molar-refractivity contribution in [2.75, 3.05) is 5.32 Å². The van der Waals surface area contributed by atoms with Gasteiger partial charge >= 0.3 is 0 Å². The zero-order valence-electron chi connectivity index (χ0n) is 15.8. The van der Waals surface area contributed by atoms with Crippen molar-refractivity contribution in [2.24, 2.45) is 0 Å². The number of rotatable bonds is 6. The van der Waals surface area contributed by atoms with Crippen molar-refractivity contribution < 1.29 is 14.6 Å². The zero-order chi connectivity index (χ0) is 22.0. The normalized spacial score (nSPS) is 10.7. The molecule has 154 valence electrons. The molecule has 1 aromatic heterocycles. The maximum atomic E-state index is 12.5. The van der Waals surface area contributed by atoms with Crippen molar-refractivity contribution in [2.45, 2.75) is 6.42 Å². The fraction of sp³-hybridized carbons (Fsp3) is 0.0476. The third-order valence-corrected chi connectivity index (χ3v) is 5.53. The minimum Gasteiger partial charge on any atom is -0.322 e. The molecule has 1 amide bonds. The first-order valence-electron chi connectivity index (χ1n) is 9.07. The molecular formula is C21H14N4O5S. The van der Waals surface area contributed by atoms with Gasteiger partial charge in [0.25, 0.3) is 17.3 Å². The van der Waals surface area contributed by atoms with Crippen LogP contribution < -0.4 is 5.32 Å². The number of anilines is 1. The molecule has 3 aromatic carbocycles. The number of nitrogens with one attached hydrogen (secondary N) is 1. The maximum Gasteiger partial charge on any atom is 0.277 e. The monoisotopic (exact) mass is 434 g/mol. The second-order valence-corrected chi connectivity index (χ2v) is 7.77. The van der Waals surface area contributed by atoms with E-state index in [1.807, 2.05) is 36.4 Å². The summed E-state index contributed by atoms with van der Waals surface area (Å²) in [6.07, 6.45) is 0.643. The lowest BCUT2D eigenvalue weighted by Gasteiger charge is -2.06. The molecule has 0 aliphatic rings. The van der Waals surface area contributed by atoms with Crippen molar-refractivity contribution in [3.8, 4) is 0 Å². The van der Waals surface area contributed by atoms with E-state index in [9.17, 15) is 25.0 Å². The van der Waals surface area contributed by atoms with Crippen LogP contribution in [-0.2, 0) is 6.42 Å². The van der Waals surface area contributed by atoms with Crippen LogP contribution in [0.3, 0.4) is 0 Å². The third-order valence-electron chi connectivity index (χ3n) is 4.49. The Morgan fingerprint density at radius 2 is 1.58 bits per heavy atom. The SMILES string of the molecule is O=C(Nc1ccc(Cc2nc3ccccc3s2)cc1)c1cc([N+](=O)[O-])cc([N+](=O)[O-])c1. The van der Waals surface area contributed by atoms with Gasteiger partial charge in [0.05, 0.1) is 36.7 Å². The molecule has 31 heavy (non-hydrogen) atoms. The molecule has 0 aliphatic carbocycles. The fourth-order valence-electron chi connectivity index (χ4n) is 3.02. The number of carbonyl (C=O) groups is 1. The Labute approximate surface area is 179 Å². The van der Waals surface area contributed by atoms with Crippen LogP contribution in [0, 0.1) is 20.2 Å². The molecule has 0 unspecified atom stereocenters. The predicted octanol–water partition coefficient (Wildman–Crippen LogP) is 4.96. The molecule has 0 saturated heterocycles. The van der Waals surface area contributed by atoms with Gasteiger partial charge in [0.15, 0.2) is 0 Å². The van der Waals surface area contributed by atoms with Gasteiger partial charge in [-0.1, -0.05) is 24.3 Å². The molecule has 0 saturated carbocycles. The third kappa shape index (κ3) is 4.54. The highest BCUT2D eigenvalue weighted by Crippen LogP contribution is 2.25. The number of benzene rings is 3. The molecule has 1 heterocycles. The number of non-ortho nitro benzene ring substituents is 2. The Balaban J connectivity index is 1.49. The molecule has 0 fully saturated rings. The first-order chi connectivity index (χ1) is 14.9. The summed E-state index contributed by atoms with van der Waals surface area (Å²) in [5.74, 6) is -0.675. The molecular weight excluding hydrogens is 420 g/mol. The first kappa shape index (κ1) is 20.1. The highest BCUT2D eigenvalue weighted by molar-refractivity contribution is 7.18. The van der Waals surface area contributed by atoms with Crippen LogP contribution in [0.5, 0.6) is 0 Å². The fourth-order valence-corrected chi connectivity index (χ4v) is 4.02. The smallest absolute Gasteiger partial charge is 0.277 e. The number of hydrogen-bond acceptors (Lipinski definition) is 7. The van der Waals surface area contributed by atoms with Crippen molar-refractivity contribution in [1.29, 1.82) is 0 Å². The molecule has 0 spiro atoms. The van der Waals surface area contributed by atoms with E-state index in [4.69, 9.17) is 0 Å². The molecule has 10 heteroatoms. The minimum absolute atomic E-state index is 0.167. The van der Waals surface area contributed by atoms with Crippen molar-refractivity contribution in [3.63, 3.8) is 0 Å². The Morgan fingerprint density at radius 1 is 0.935 bits per heavy atom. The molecule has 9 nitrogen and oxygen atoms in total. The molecule has 0 radical (unpaired) electrons. The van der Waals surface area contributed by atoms with E-state index in [-0.39, 0.29) is 5.56 Å². The largest absolute Gasteiger partial charge is 0.322 e. The lowest BCUT2D eigenvalue weighted by molar-refractivity contribution is -0.394. The van der Waals surface area contributed by atoms with Gasteiger partial charge in [-0.3, -0.25) is 25.0 Å². The van der Waals surface area contributed by atoms with Gasteiger partial charge in [0.1, 0.15) is 0 Å². The summed E-state index contributed by atoms with van der Waals surface area (Å²) in [7, 11) is 0. The minimum atomic E-state index is -0.777. The summed E-state index contributed by atoms with van der Waals surface area (Å²) in [5.41, 5.74) is 1.21. The summed E-state index contributed by atoms with van der Waals surface area (Å²) in [6.45, 7) is 0. The van der Waals surface area contributed by atoms with Crippen LogP contribution in [0.4, 0.5) is 17.1 Å². The zero-order valence-corrected chi connectivity index (χ0v) is 16.7.